The fourth-order valence-electron chi connectivity index (χ4n) is 2.13. The van der Waals surface area contributed by atoms with Crippen LogP contribution in [0.3, 0.4) is 0 Å². The number of furan rings is 1. The van der Waals surface area contributed by atoms with Crippen molar-refractivity contribution in [2.75, 3.05) is 11.9 Å². The number of nitro benzene ring substituents is 1. The summed E-state index contributed by atoms with van der Waals surface area (Å²) in [7, 11) is 1.83. The predicted octanol–water partition coefficient (Wildman–Crippen LogP) is 3.34. The normalized spacial score (nSPS) is 10.4. The first-order valence-corrected chi connectivity index (χ1v) is 6.43. The maximum absolute atomic E-state index is 11.4. The van der Waals surface area contributed by atoms with Gasteiger partial charge in [0.1, 0.15) is 5.76 Å². The molecule has 21 heavy (non-hydrogen) atoms. The number of ketones is 1. The Morgan fingerprint density at radius 2 is 2.10 bits per heavy atom. The number of carbonyl (C=O) groups is 1. The van der Waals surface area contributed by atoms with Crippen molar-refractivity contribution in [2.24, 2.45) is 0 Å². The molecule has 2 rings (SSSR count). The summed E-state index contributed by atoms with van der Waals surface area (Å²) >= 11 is 0. The van der Waals surface area contributed by atoms with E-state index in [9.17, 15) is 14.9 Å². The lowest BCUT2D eigenvalue weighted by Crippen LogP contribution is -2.17. The van der Waals surface area contributed by atoms with Crippen molar-refractivity contribution in [3.8, 4) is 0 Å². The lowest BCUT2D eigenvalue weighted by atomic mass is 10.1. The second kappa shape index (κ2) is 5.78. The third kappa shape index (κ3) is 3.10. The summed E-state index contributed by atoms with van der Waals surface area (Å²) in [6.07, 6.45) is 1.61. The van der Waals surface area contributed by atoms with E-state index in [0.29, 0.717) is 12.2 Å². The number of rotatable bonds is 5. The molecule has 0 aliphatic heterocycles. The molecule has 0 bridgehead atoms. The minimum absolute atomic E-state index is 0.122. The number of nitrogens with zero attached hydrogens (tertiary/aromatic N) is 2. The third-order valence-electron chi connectivity index (χ3n) is 3.37. The van der Waals surface area contributed by atoms with Gasteiger partial charge < -0.3 is 9.32 Å². The van der Waals surface area contributed by atoms with Crippen LogP contribution in [-0.2, 0) is 6.54 Å². The number of nitro groups is 1. The van der Waals surface area contributed by atoms with Crippen LogP contribution in [-0.4, -0.2) is 17.8 Å². The maximum Gasteiger partial charge on any atom is 0.282 e. The third-order valence-corrected chi connectivity index (χ3v) is 3.37. The molecule has 1 aromatic heterocycles. The highest BCUT2D eigenvalue weighted by molar-refractivity contribution is 5.98. The van der Waals surface area contributed by atoms with Gasteiger partial charge in [-0.15, -0.1) is 0 Å². The van der Waals surface area contributed by atoms with E-state index in [1.807, 2.05) is 24.9 Å². The SMILES string of the molecule is CC(=O)c1ccc(N(C)Cc2ccoc2C)cc1[N+](=O)[O-]. The van der Waals surface area contributed by atoms with Crippen LogP contribution in [0.25, 0.3) is 0 Å². The number of aryl methyl sites for hydroxylation is 1. The largest absolute Gasteiger partial charge is 0.469 e. The van der Waals surface area contributed by atoms with Gasteiger partial charge in [-0.1, -0.05) is 0 Å². The Hall–Kier alpha value is -2.63. The molecule has 1 aromatic carbocycles. The lowest BCUT2D eigenvalue weighted by Gasteiger charge is -2.19. The van der Waals surface area contributed by atoms with Crippen molar-refractivity contribution >= 4 is 17.2 Å². The molecule has 1 heterocycles. The van der Waals surface area contributed by atoms with Crippen LogP contribution in [0.4, 0.5) is 11.4 Å². The number of anilines is 1. The maximum atomic E-state index is 11.4. The van der Waals surface area contributed by atoms with Crippen LogP contribution in [0.15, 0.2) is 34.9 Å². The van der Waals surface area contributed by atoms with Crippen LogP contribution >= 0.6 is 0 Å². The predicted molar refractivity (Wildman–Crippen MR) is 78.7 cm³/mol. The smallest absolute Gasteiger partial charge is 0.282 e. The van der Waals surface area contributed by atoms with Gasteiger partial charge in [-0.3, -0.25) is 14.9 Å². The Labute approximate surface area is 122 Å². The van der Waals surface area contributed by atoms with Gasteiger partial charge in [0.15, 0.2) is 5.78 Å². The van der Waals surface area contributed by atoms with E-state index < -0.39 is 4.92 Å². The van der Waals surface area contributed by atoms with E-state index in [-0.39, 0.29) is 17.0 Å². The molecule has 0 aliphatic carbocycles. The number of carbonyl (C=O) groups excluding carboxylic acids is 1. The molecule has 0 atom stereocenters. The molecule has 0 saturated heterocycles. The molecule has 0 saturated carbocycles. The van der Waals surface area contributed by atoms with Crippen molar-refractivity contribution in [3.05, 3.63) is 57.5 Å². The molecule has 0 spiro atoms. The average Bonchev–Trinajstić information content (AvgIpc) is 2.83. The number of hydrogen-bond acceptors (Lipinski definition) is 5. The molecule has 0 unspecified atom stereocenters. The summed E-state index contributed by atoms with van der Waals surface area (Å²) in [5.74, 6) is 0.498. The molecular formula is C15H16N2O4. The van der Waals surface area contributed by atoms with Crippen molar-refractivity contribution in [2.45, 2.75) is 20.4 Å². The minimum atomic E-state index is -0.531. The second-order valence-electron chi connectivity index (χ2n) is 4.87. The average molecular weight is 288 g/mol. The van der Waals surface area contributed by atoms with Gasteiger partial charge in [-0.05, 0) is 32.0 Å². The van der Waals surface area contributed by atoms with Crippen molar-refractivity contribution in [1.29, 1.82) is 0 Å². The van der Waals surface area contributed by atoms with Crippen LogP contribution in [0, 0.1) is 17.0 Å². The number of Topliss-reactive ketones (excluding diaryl/α,β-unsaturated/α-hetero) is 1. The number of benzene rings is 1. The molecule has 6 nitrogen and oxygen atoms in total. The fourth-order valence-corrected chi connectivity index (χ4v) is 2.13. The molecule has 0 amide bonds. The summed E-state index contributed by atoms with van der Waals surface area (Å²) in [4.78, 5) is 23.9. The fraction of sp³-hybridized carbons (Fsp3) is 0.267. The van der Waals surface area contributed by atoms with Gasteiger partial charge in [0.05, 0.1) is 16.7 Å². The van der Waals surface area contributed by atoms with Gasteiger partial charge in [0.2, 0.25) is 0 Å². The Bertz CT molecular complexity index is 691. The highest BCUT2D eigenvalue weighted by Crippen LogP contribution is 2.26. The lowest BCUT2D eigenvalue weighted by molar-refractivity contribution is -0.385. The number of hydrogen-bond donors (Lipinski definition) is 0. The summed E-state index contributed by atoms with van der Waals surface area (Å²) in [6, 6.07) is 6.49. The zero-order valence-corrected chi connectivity index (χ0v) is 12.1. The summed E-state index contributed by atoms with van der Waals surface area (Å²) in [6.45, 7) is 3.75. The standard InChI is InChI=1S/C15H16N2O4/c1-10(18)14-5-4-13(8-15(14)17(19)20)16(3)9-12-6-7-21-11(12)2/h4-8H,9H2,1-3H3. The van der Waals surface area contributed by atoms with E-state index >= 15 is 0 Å². The monoisotopic (exact) mass is 288 g/mol. The van der Waals surface area contributed by atoms with E-state index in [2.05, 4.69) is 0 Å². The second-order valence-corrected chi connectivity index (χ2v) is 4.87. The zero-order valence-electron chi connectivity index (χ0n) is 12.1. The van der Waals surface area contributed by atoms with Gasteiger partial charge in [0.25, 0.3) is 5.69 Å². The summed E-state index contributed by atoms with van der Waals surface area (Å²) in [5, 5.41) is 11.1. The molecule has 0 N–H and O–H groups in total. The molecule has 6 heteroatoms. The summed E-state index contributed by atoms with van der Waals surface area (Å²) in [5.41, 5.74) is 1.63. The van der Waals surface area contributed by atoms with E-state index in [0.717, 1.165) is 11.3 Å². The van der Waals surface area contributed by atoms with Gasteiger partial charge in [-0.2, -0.15) is 0 Å². The minimum Gasteiger partial charge on any atom is -0.469 e. The summed E-state index contributed by atoms with van der Waals surface area (Å²) < 4.78 is 5.23. The van der Waals surface area contributed by atoms with Crippen LogP contribution < -0.4 is 4.90 Å². The molecular weight excluding hydrogens is 272 g/mol. The van der Waals surface area contributed by atoms with Crippen molar-refractivity contribution < 1.29 is 14.1 Å². The Morgan fingerprint density at radius 3 is 2.62 bits per heavy atom. The first-order chi connectivity index (χ1) is 9.90. The Kier molecular flexibility index (Phi) is 4.07. The van der Waals surface area contributed by atoms with Crippen LogP contribution in [0.1, 0.15) is 28.6 Å². The van der Waals surface area contributed by atoms with Gasteiger partial charge >= 0.3 is 0 Å². The Morgan fingerprint density at radius 1 is 1.38 bits per heavy atom. The highest BCUT2D eigenvalue weighted by atomic mass is 16.6. The van der Waals surface area contributed by atoms with E-state index in [1.54, 1.807) is 12.3 Å². The zero-order chi connectivity index (χ0) is 15.6. The highest BCUT2D eigenvalue weighted by Gasteiger charge is 2.19. The first-order valence-electron chi connectivity index (χ1n) is 6.43. The molecule has 0 aliphatic rings. The van der Waals surface area contributed by atoms with Crippen molar-refractivity contribution in [1.82, 2.24) is 0 Å². The Balaban J connectivity index is 2.32. The first kappa shape index (κ1) is 14.8. The topological polar surface area (TPSA) is 76.6 Å². The quantitative estimate of drug-likeness (QED) is 0.479. The van der Waals surface area contributed by atoms with Crippen LogP contribution in [0.5, 0.6) is 0 Å². The van der Waals surface area contributed by atoms with E-state index in [1.165, 1.54) is 19.1 Å². The van der Waals surface area contributed by atoms with E-state index in [4.69, 9.17) is 4.42 Å². The van der Waals surface area contributed by atoms with Gasteiger partial charge in [0, 0.05) is 30.9 Å². The van der Waals surface area contributed by atoms with Crippen LogP contribution in [0.2, 0.25) is 0 Å². The molecule has 0 radical (unpaired) electrons. The van der Waals surface area contributed by atoms with Crippen molar-refractivity contribution in [3.63, 3.8) is 0 Å². The molecule has 2 aromatic rings. The van der Waals surface area contributed by atoms with Gasteiger partial charge in [-0.25, -0.2) is 0 Å². The molecule has 0 fully saturated rings. The molecule has 110 valence electrons.